The monoisotopic (exact) mass is 391 g/mol. The Kier molecular flexibility index (Phi) is 6.67. The molecule has 0 bridgehead atoms. The lowest BCUT2D eigenvalue weighted by molar-refractivity contribution is 0.0533. The minimum atomic E-state index is 0.219. The molecule has 1 aliphatic heterocycles. The molecule has 3 aromatic rings. The van der Waals surface area contributed by atoms with Crippen molar-refractivity contribution in [3.63, 3.8) is 0 Å². The van der Waals surface area contributed by atoms with Gasteiger partial charge in [0.1, 0.15) is 12.7 Å². The summed E-state index contributed by atoms with van der Waals surface area (Å²) in [5.74, 6) is 0. The highest BCUT2D eigenvalue weighted by atomic mass is 16.5. The summed E-state index contributed by atoms with van der Waals surface area (Å²) in [5.41, 5.74) is 4.88. The number of hydrogen-bond donors (Lipinski definition) is 1. The van der Waals surface area contributed by atoms with E-state index in [-0.39, 0.29) is 6.10 Å². The summed E-state index contributed by atoms with van der Waals surface area (Å²) in [6.07, 6.45) is 4.59. The Morgan fingerprint density at radius 1 is 1.14 bits per heavy atom. The Morgan fingerprint density at radius 3 is 2.83 bits per heavy atom. The summed E-state index contributed by atoms with van der Waals surface area (Å²) in [4.78, 5) is 6.53. The topological polar surface area (TPSA) is 55.2 Å². The van der Waals surface area contributed by atoms with Crippen molar-refractivity contribution in [2.75, 3.05) is 26.2 Å². The molecule has 0 spiro atoms. The maximum atomic E-state index is 6.08. The van der Waals surface area contributed by atoms with E-state index in [0.717, 1.165) is 51.4 Å². The fourth-order valence-electron chi connectivity index (χ4n) is 3.87. The van der Waals surface area contributed by atoms with Gasteiger partial charge in [-0.2, -0.15) is 5.10 Å². The van der Waals surface area contributed by atoms with Gasteiger partial charge in [0.25, 0.3) is 0 Å². The molecule has 0 aliphatic carbocycles. The molecule has 0 amide bonds. The fourth-order valence-corrected chi connectivity index (χ4v) is 3.87. The van der Waals surface area contributed by atoms with Crippen molar-refractivity contribution in [1.29, 1.82) is 0 Å². The third-order valence-corrected chi connectivity index (χ3v) is 5.31. The average Bonchev–Trinajstić information content (AvgIpc) is 3.17. The van der Waals surface area contributed by atoms with Gasteiger partial charge in [0.2, 0.25) is 0 Å². The molecule has 0 radical (unpaired) electrons. The van der Waals surface area contributed by atoms with E-state index >= 15 is 0 Å². The molecule has 6 heteroatoms. The summed E-state index contributed by atoms with van der Waals surface area (Å²) in [6, 6.07) is 17.1. The highest BCUT2D eigenvalue weighted by molar-refractivity contribution is 5.41. The Labute approximate surface area is 172 Å². The number of benzene rings is 2. The van der Waals surface area contributed by atoms with E-state index in [1.165, 1.54) is 16.7 Å². The lowest BCUT2D eigenvalue weighted by Crippen LogP contribution is -2.37. The highest BCUT2D eigenvalue weighted by Crippen LogP contribution is 2.15. The van der Waals surface area contributed by atoms with Gasteiger partial charge in [-0.05, 0) is 36.1 Å². The van der Waals surface area contributed by atoms with Crippen LogP contribution >= 0.6 is 0 Å². The van der Waals surface area contributed by atoms with Crippen molar-refractivity contribution in [1.82, 2.24) is 25.0 Å². The first kappa shape index (κ1) is 19.8. The molecule has 1 fully saturated rings. The van der Waals surface area contributed by atoms with Gasteiger partial charge < -0.3 is 10.1 Å². The van der Waals surface area contributed by atoms with Crippen LogP contribution in [0.25, 0.3) is 5.69 Å². The molecule has 2 aromatic carbocycles. The van der Waals surface area contributed by atoms with Gasteiger partial charge in [-0.3, -0.25) is 4.90 Å². The zero-order valence-electron chi connectivity index (χ0n) is 17.0. The standard InChI is InChI=1S/C23H29N5O/c1-19-12-21(8-9-23(19)28-18-25-17-26-28)13-24-14-22-16-27(10-5-11-29-22)15-20-6-3-2-4-7-20/h2-4,6-9,12,17-18,22,24H,5,10-11,13-16H2,1H3. The van der Waals surface area contributed by atoms with E-state index in [2.05, 4.69) is 75.8 Å². The first-order valence-electron chi connectivity index (χ1n) is 10.3. The third-order valence-electron chi connectivity index (χ3n) is 5.31. The normalized spacial score (nSPS) is 17.9. The highest BCUT2D eigenvalue weighted by Gasteiger charge is 2.18. The first-order chi connectivity index (χ1) is 14.3. The predicted molar refractivity (Wildman–Crippen MR) is 114 cm³/mol. The van der Waals surface area contributed by atoms with Crippen LogP contribution in [0.3, 0.4) is 0 Å². The molecule has 4 rings (SSSR count). The van der Waals surface area contributed by atoms with Gasteiger partial charge in [0.15, 0.2) is 0 Å². The molecule has 6 nitrogen and oxygen atoms in total. The molecule has 0 saturated carbocycles. The number of ether oxygens (including phenoxy) is 1. The van der Waals surface area contributed by atoms with Crippen molar-refractivity contribution in [3.8, 4) is 5.69 Å². The summed E-state index contributed by atoms with van der Waals surface area (Å²) in [7, 11) is 0. The van der Waals surface area contributed by atoms with E-state index in [1.54, 1.807) is 17.3 Å². The zero-order valence-corrected chi connectivity index (χ0v) is 17.0. The van der Waals surface area contributed by atoms with Gasteiger partial charge in [-0.1, -0.05) is 42.5 Å². The first-order valence-corrected chi connectivity index (χ1v) is 10.3. The molecule has 1 saturated heterocycles. The van der Waals surface area contributed by atoms with Crippen LogP contribution < -0.4 is 5.32 Å². The minimum absolute atomic E-state index is 0.219. The molecule has 152 valence electrons. The van der Waals surface area contributed by atoms with Gasteiger partial charge in [0.05, 0.1) is 11.8 Å². The van der Waals surface area contributed by atoms with Gasteiger partial charge >= 0.3 is 0 Å². The molecular weight excluding hydrogens is 362 g/mol. The molecule has 29 heavy (non-hydrogen) atoms. The Balaban J connectivity index is 1.28. The summed E-state index contributed by atoms with van der Waals surface area (Å²) < 4.78 is 7.88. The van der Waals surface area contributed by atoms with E-state index in [4.69, 9.17) is 4.74 Å². The van der Waals surface area contributed by atoms with Crippen LogP contribution in [0.1, 0.15) is 23.1 Å². The van der Waals surface area contributed by atoms with E-state index in [9.17, 15) is 0 Å². The van der Waals surface area contributed by atoms with Crippen LogP contribution in [0.2, 0.25) is 0 Å². The second-order valence-corrected chi connectivity index (χ2v) is 7.66. The second-order valence-electron chi connectivity index (χ2n) is 7.66. The van der Waals surface area contributed by atoms with E-state index in [0.29, 0.717) is 0 Å². The van der Waals surface area contributed by atoms with Gasteiger partial charge in [-0.15, -0.1) is 0 Å². The molecule has 2 heterocycles. The van der Waals surface area contributed by atoms with E-state index in [1.807, 2.05) is 0 Å². The van der Waals surface area contributed by atoms with Crippen molar-refractivity contribution in [3.05, 3.63) is 77.9 Å². The molecule has 1 aromatic heterocycles. The molecule has 1 N–H and O–H groups in total. The molecular formula is C23H29N5O. The largest absolute Gasteiger partial charge is 0.376 e. The van der Waals surface area contributed by atoms with Crippen molar-refractivity contribution in [2.45, 2.75) is 32.5 Å². The van der Waals surface area contributed by atoms with Crippen LogP contribution in [0, 0.1) is 6.92 Å². The van der Waals surface area contributed by atoms with Crippen molar-refractivity contribution < 1.29 is 4.74 Å². The van der Waals surface area contributed by atoms with E-state index < -0.39 is 0 Å². The molecule has 1 aliphatic rings. The van der Waals surface area contributed by atoms with Gasteiger partial charge in [-0.25, -0.2) is 9.67 Å². The maximum absolute atomic E-state index is 6.08. The zero-order chi connectivity index (χ0) is 19.9. The lowest BCUT2D eigenvalue weighted by atomic mass is 10.1. The number of nitrogens with zero attached hydrogens (tertiary/aromatic N) is 4. The molecule has 1 unspecified atom stereocenters. The SMILES string of the molecule is Cc1cc(CNCC2CN(Cc3ccccc3)CCCO2)ccc1-n1cncn1. The maximum Gasteiger partial charge on any atom is 0.138 e. The summed E-state index contributed by atoms with van der Waals surface area (Å²) in [6.45, 7) is 7.68. The van der Waals surface area contributed by atoms with Crippen LogP contribution in [0.5, 0.6) is 0 Å². The number of hydrogen-bond acceptors (Lipinski definition) is 5. The van der Waals surface area contributed by atoms with Crippen LogP contribution in [0.15, 0.2) is 61.2 Å². The van der Waals surface area contributed by atoms with Crippen LogP contribution in [-0.2, 0) is 17.8 Å². The number of aromatic nitrogens is 3. The average molecular weight is 392 g/mol. The summed E-state index contributed by atoms with van der Waals surface area (Å²) in [5, 5.41) is 7.79. The second kappa shape index (κ2) is 9.78. The number of aryl methyl sites for hydroxylation is 1. The minimum Gasteiger partial charge on any atom is -0.376 e. The predicted octanol–water partition coefficient (Wildman–Crippen LogP) is 2.96. The lowest BCUT2D eigenvalue weighted by Gasteiger charge is -2.24. The smallest absolute Gasteiger partial charge is 0.138 e. The van der Waals surface area contributed by atoms with Crippen molar-refractivity contribution in [2.24, 2.45) is 0 Å². The van der Waals surface area contributed by atoms with Crippen LogP contribution in [0.4, 0.5) is 0 Å². The molecule has 1 atom stereocenters. The fraction of sp³-hybridized carbons (Fsp3) is 0.391. The Hall–Kier alpha value is -2.54. The quantitative estimate of drug-likeness (QED) is 0.671. The van der Waals surface area contributed by atoms with Gasteiger partial charge in [0, 0.05) is 39.3 Å². The van der Waals surface area contributed by atoms with Crippen LogP contribution in [-0.4, -0.2) is 52.0 Å². The summed E-state index contributed by atoms with van der Waals surface area (Å²) >= 11 is 0. The number of nitrogens with one attached hydrogen (secondary N) is 1. The number of rotatable bonds is 7. The third kappa shape index (κ3) is 5.50. The Bertz CT molecular complexity index is 882. The van der Waals surface area contributed by atoms with Crippen molar-refractivity contribution >= 4 is 0 Å². The Morgan fingerprint density at radius 2 is 2.03 bits per heavy atom.